The first-order valence-corrected chi connectivity index (χ1v) is 7.93. The maximum atomic E-state index is 12.8. The molecule has 108 valence electrons. The van der Waals surface area contributed by atoms with E-state index in [1.807, 2.05) is 7.05 Å². The maximum absolute atomic E-state index is 12.8. The molecule has 0 aliphatic carbocycles. The van der Waals surface area contributed by atoms with E-state index in [4.69, 9.17) is 0 Å². The average molecular weight is 296 g/mol. The summed E-state index contributed by atoms with van der Waals surface area (Å²) in [4.78, 5) is 2.30. The van der Waals surface area contributed by atoms with Gasteiger partial charge in [0, 0.05) is 19.6 Å². The van der Waals surface area contributed by atoms with Gasteiger partial charge in [-0.25, -0.2) is 13.0 Å². The van der Waals surface area contributed by atoms with Crippen molar-refractivity contribution in [2.75, 3.05) is 33.2 Å². The molecule has 0 unspecified atom stereocenters. The van der Waals surface area contributed by atoms with Gasteiger partial charge in [-0.1, -0.05) is 6.07 Å². The lowest BCUT2D eigenvalue weighted by molar-refractivity contribution is 0.315. The Hall–Kier alpha value is -1.51. The van der Waals surface area contributed by atoms with Crippen molar-refractivity contribution < 1.29 is 13.0 Å². The fraction of sp³-hybridized carbons (Fsp3) is 0.500. The Labute approximate surface area is 117 Å². The summed E-state index contributed by atoms with van der Waals surface area (Å²) >= 11 is 0. The Balaban J connectivity index is 2.01. The molecule has 0 spiro atoms. The SMILES string of the molecule is CN1CCCN(S(=O)(=O)c2cccc3nonc23)CC1. The van der Waals surface area contributed by atoms with E-state index >= 15 is 0 Å². The van der Waals surface area contributed by atoms with Crippen LogP contribution in [-0.4, -0.2) is 61.2 Å². The second-order valence-electron chi connectivity index (χ2n) is 4.95. The van der Waals surface area contributed by atoms with Crippen molar-refractivity contribution in [3.05, 3.63) is 18.2 Å². The molecule has 0 bridgehead atoms. The van der Waals surface area contributed by atoms with Crippen LogP contribution in [-0.2, 0) is 10.0 Å². The third-order valence-electron chi connectivity index (χ3n) is 3.55. The molecule has 1 aliphatic heterocycles. The summed E-state index contributed by atoms with van der Waals surface area (Å²) in [5.41, 5.74) is 0.753. The van der Waals surface area contributed by atoms with Crippen LogP contribution in [0.3, 0.4) is 0 Å². The molecule has 1 fully saturated rings. The Morgan fingerprint density at radius 1 is 1.15 bits per heavy atom. The van der Waals surface area contributed by atoms with Crippen LogP contribution in [0.2, 0.25) is 0 Å². The summed E-state index contributed by atoms with van der Waals surface area (Å²) in [5.74, 6) is 0. The average Bonchev–Trinajstić information content (AvgIpc) is 2.79. The van der Waals surface area contributed by atoms with Crippen LogP contribution in [0.1, 0.15) is 6.42 Å². The van der Waals surface area contributed by atoms with Crippen LogP contribution < -0.4 is 0 Å². The van der Waals surface area contributed by atoms with Crippen molar-refractivity contribution in [3.8, 4) is 0 Å². The molecule has 0 amide bonds. The lowest BCUT2D eigenvalue weighted by atomic mass is 10.3. The second kappa shape index (κ2) is 5.12. The molecule has 0 saturated carbocycles. The predicted octanol–water partition coefficient (Wildman–Crippen LogP) is 0.549. The van der Waals surface area contributed by atoms with Crippen molar-refractivity contribution in [1.82, 2.24) is 19.5 Å². The van der Waals surface area contributed by atoms with Gasteiger partial charge >= 0.3 is 0 Å². The molecule has 20 heavy (non-hydrogen) atoms. The van der Waals surface area contributed by atoms with Crippen LogP contribution in [0, 0.1) is 0 Å². The van der Waals surface area contributed by atoms with E-state index in [0.717, 1.165) is 19.5 Å². The lowest BCUT2D eigenvalue weighted by Gasteiger charge is -2.20. The van der Waals surface area contributed by atoms with E-state index in [2.05, 4.69) is 19.8 Å². The number of rotatable bonds is 2. The Kier molecular flexibility index (Phi) is 3.45. The number of sulfonamides is 1. The van der Waals surface area contributed by atoms with Gasteiger partial charge in [-0.15, -0.1) is 0 Å². The van der Waals surface area contributed by atoms with Gasteiger partial charge < -0.3 is 4.90 Å². The zero-order chi connectivity index (χ0) is 14.2. The summed E-state index contributed by atoms with van der Waals surface area (Å²) in [6.07, 6.45) is 0.822. The Morgan fingerprint density at radius 3 is 2.85 bits per heavy atom. The van der Waals surface area contributed by atoms with Gasteiger partial charge in [0.15, 0.2) is 5.52 Å². The summed E-state index contributed by atoms with van der Waals surface area (Å²) < 4.78 is 31.7. The summed E-state index contributed by atoms with van der Waals surface area (Å²) in [7, 11) is -1.56. The highest BCUT2D eigenvalue weighted by Gasteiger charge is 2.29. The van der Waals surface area contributed by atoms with Gasteiger partial charge in [-0.3, -0.25) is 0 Å². The molecule has 3 rings (SSSR count). The van der Waals surface area contributed by atoms with Crippen molar-refractivity contribution in [2.45, 2.75) is 11.3 Å². The van der Waals surface area contributed by atoms with Gasteiger partial charge in [0.1, 0.15) is 10.4 Å². The highest BCUT2D eigenvalue weighted by Crippen LogP contribution is 2.24. The number of fused-ring (bicyclic) bond motifs is 1. The Bertz CT molecular complexity index is 712. The zero-order valence-electron chi connectivity index (χ0n) is 11.2. The topological polar surface area (TPSA) is 79.5 Å². The highest BCUT2D eigenvalue weighted by molar-refractivity contribution is 7.89. The summed E-state index contributed by atoms with van der Waals surface area (Å²) in [5, 5.41) is 7.41. The fourth-order valence-electron chi connectivity index (χ4n) is 2.39. The predicted molar refractivity (Wildman–Crippen MR) is 72.7 cm³/mol. The molecule has 1 saturated heterocycles. The van der Waals surface area contributed by atoms with E-state index in [-0.39, 0.29) is 4.90 Å². The lowest BCUT2D eigenvalue weighted by Crippen LogP contribution is -2.34. The second-order valence-corrected chi connectivity index (χ2v) is 6.86. The molecular formula is C12H16N4O3S. The number of aromatic nitrogens is 2. The monoisotopic (exact) mass is 296 g/mol. The molecule has 1 aromatic carbocycles. The molecule has 1 aromatic heterocycles. The highest BCUT2D eigenvalue weighted by atomic mass is 32.2. The van der Waals surface area contributed by atoms with Crippen LogP contribution in [0.15, 0.2) is 27.7 Å². The van der Waals surface area contributed by atoms with Crippen LogP contribution in [0.25, 0.3) is 11.0 Å². The first kappa shape index (κ1) is 13.5. The van der Waals surface area contributed by atoms with Crippen molar-refractivity contribution in [1.29, 1.82) is 0 Å². The van der Waals surface area contributed by atoms with Gasteiger partial charge in [0.2, 0.25) is 10.0 Å². The van der Waals surface area contributed by atoms with E-state index in [9.17, 15) is 8.42 Å². The molecule has 8 heteroatoms. The van der Waals surface area contributed by atoms with E-state index in [1.165, 1.54) is 4.31 Å². The smallest absolute Gasteiger partial charge is 0.245 e. The van der Waals surface area contributed by atoms with Crippen LogP contribution in [0.4, 0.5) is 0 Å². The minimum absolute atomic E-state index is 0.167. The molecule has 7 nitrogen and oxygen atoms in total. The molecule has 2 aromatic rings. The number of likely N-dealkylation sites (N-methyl/N-ethyl adjacent to an activating group) is 1. The van der Waals surface area contributed by atoms with E-state index in [0.29, 0.717) is 24.1 Å². The standard InChI is InChI=1S/C12H16N4O3S/c1-15-6-3-7-16(9-8-15)20(17,18)11-5-2-4-10-12(11)14-19-13-10/h2,4-5H,3,6-9H2,1H3. The quantitative estimate of drug-likeness (QED) is 0.805. The van der Waals surface area contributed by atoms with Crippen molar-refractivity contribution >= 4 is 21.1 Å². The molecule has 0 radical (unpaired) electrons. The van der Waals surface area contributed by atoms with Gasteiger partial charge in [-0.2, -0.15) is 4.31 Å². The van der Waals surface area contributed by atoms with Gasteiger partial charge in [-0.05, 0) is 42.5 Å². The van der Waals surface area contributed by atoms with E-state index < -0.39 is 10.0 Å². The molecule has 0 N–H and O–H groups in total. The van der Waals surface area contributed by atoms with Gasteiger partial charge in [0.05, 0.1) is 0 Å². The minimum atomic E-state index is -3.56. The van der Waals surface area contributed by atoms with Crippen LogP contribution in [0.5, 0.6) is 0 Å². The number of hydrogen-bond donors (Lipinski definition) is 0. The van der Waals surface area contributed by atoms with Crippen molar-refractivity contribution in [3.63, 3.8) is 0 Å². The fourth-order valence-corrected chi connectivity index (χ4v) is 4.00. The molecule has 2 heterocycles. The number of nitrogens with zero attached hydrogens (tertiary/aromatic N) is 4. The van der Waals surface area contributed by atoms with E-state index in [1.54, 1.807) is 18.2 Å². The normalized spacial score (nSPS) is 19.2. The summed E-state index contributed by atoms with van der Waals surface area (Å²) in [6.45, 7) is 2.64. The molecule has 1 aliphatic rings. The van der Waals surface area contributed by atoms with Crippen LogP contribution >= 0.6 is 0 Å². The van der Waals surface area contributed by atoms with Gasteiger partial charge in [0.25, 0.3) is 0 Å². The first-order valence-electron chi connectivity index (χ1n) is 6.49. The third-order valence-corrected chi connectivity index (χ3v) is 5.48. The first-order chi connectivity index (χ1) is 9.59. The molecular weight excluding hydrogens is 280 g/mol. The number of benzene rings is 1. The maximum Gasteiger partial charge on any atom is 0.245 e. The molecule has 0 atom stereocenters. The number of hydrogen-bond acceptors (Lipinski definition) is 6. The Morgan fingerprint density at radius 2 is 2.00 bits per heavy atom. The minimum Gasteiger partial charge on any atom is -0.305 e. The zero-order valence-corrected chi connectivity index (χ0v) is 12.0. The third kappa shape index (κ3) is 2.30. The summed E-state index contributed by atoms with van der Waals surface area (Å²) in [6, 6.07) is 4.89. The van der Waals surface area contributed by atoms with Crippen molar-refractivity contribution in [2.24, 2.45) is 0 Å². The largest absolute Gasteiger partial charge is 0.305 e.